The molecule has 0 aliphatic rings. The molecule has 0 N–H and O–H groups in total. The summed E-state index contributed by atoms with van der Waals surface area (Å²) in [4.78, 5) is 22.2. The predicted molar refractivity (Wildman–Crippen MR) is 56.6 cm³/mol. The highest BCUT2D eigenvalue weighted by Crippen LogP contribution is 1.99. The summed E-state index contributed by atoms with van der Waals surface area (Å²) in [5.74, 6) is -0.196. The maximum absolute atomic E-state index is 11.1. The molecule has 0 aromatic rings. The number of hydrogen-bond donors (Lipinski definition) is 0. The fourth-order valence-corrected chi connectivity index (χ4v) is 1.08. The maximum Gasteiger partial charge on any atom is 0.306 e. The minimum absolute atomic E-state index is 0.124. The molecular weight excluding hydrogens is 196 g/mol. The molecule has 88 valence electrons. The van der Waals surface area contributed by atoms with E-state index in [1.54, 1.807) is 0 Å². The number of ketones is 1. The van der Waals surface area contributed by atoms with Crippen molar-refractivity contribution >= 4 is 11.8 Å². The fourth-order valence-electron chi connectivity index (χ4n) is 1.08. The molecule has 0 aromatic heterocycles. The monoisotopic (exact) mass is 216 g/mol. The van der Waals surface area contributed by atoms with Crippen LogP contribution in [0.2, 0.25) is 0 Å². The first-order chi connectivity index (χ1) is 7.20. The van der Waals surface area contributed by atoms with Gasteiger partial charge in [-0.25, -0.2) is 0 Å². The summed E-state index contributed by atoms with van der Waals surface area (Å²) in [5.41, 5.74) is 0. The average molecular weight is 216 g/mol. The summed E-state index contributed by atoms with van der Waals surface area (Å²) in [6.07, 6.45) is 1.86. The summed E-state index contributed by atoms with van der Waals surface area (Å²) in [7, 11) is 0. The number of carbonyl (C=O) groups is 2. The third-order valence-corrected chi connectivity index (χ3v) is 1.83. The maximum atomic E-state index is 11.1. The molecule has 0 fully saturated rings. The number of Topliss-reactive ketones (excluding diaryl/α,β-unsaturated/α-hetero) is 1. The van der Waals surface area contributed by atoms with Gasteiger partial charge in [0.1, 0.15) is 12.4 Å². The summed E-state index contributed by atoms with van der Waals surface area (Å²) >= 11 is 0. The van der Waals surface area contributed by atoms with Gasteiger partial charge in [-0.05, 0) is 13.3 Å². The molecule has 4 nitrogen and oxygen atoms in total. The van der Waals surface area contributed by atoms with Crippen LogP contribution in [0.1, 0.15) is 39.5 Å². The number of ether oxygens (including phenoxy) is 2. The Labute approximate surface area is 90.9 Å². The molecule has 4 heteroatoms. The zero-order valence-electron chi connectivity index (χ0n) is 9.58. The SMILES string of the molecule is CCCC(=O)CCC(=O)OCCOCC. The molecule has 0 spiro atoms. The van der Waals surface area contributed by atoms with Crippen LogP contribution in [0, 0.1) is 0 Å². The standard InChI is InChI=1S/C11H20O4/c1-3-5-10(12)6-7-11(13)15-9-8-14-4-2/h3-9H2,1-2H3. The van der Waals surface area contributed by atoms with Crippen LogP contribution in [0.25, 0.3) is 0 Å². The molecule has 0 unspecified atom stereocenters. The van der Waals surface area contributed by atoms with Crippen LogP contribution in [-0.2, 0) is 19.1 Å². The Bertz CT molecular complexity index is 189. The van der Waals surface area contributed by atoms with E-state index in [4.69, 9.17) is 9.47 Å². The highest BCUT2D eigenvalue weighted by molar-refractivity contribution is 5.82. The largest absolute Gasteiger partial charge is 0.463 e. The topological polar surface area (TPSA) is 52.6 Å². The molecule has 0 bridgehead atoms. The summed E-state index contributed by atoms with van der Waals surface area (Å²) in [6.45, 7) is 5.13. The van der Waals surface area contributed by atoms with E-state index in [9.17, 15) is 9.59 Å². The molecule has 0 rings (SSSR count). The fraction of sp³-hybridized carbons (Fsp3) is 0.818. The van der Waals surface area contributed by atoms with Crippen molar-refractivity contribution in [1.29, 1.82) is 0 Å². The zero-order valence-corrected chi connectivity index (χ0v) is 9.58. The lowest BCUT2D eigenvalue weighted by Gasteiger charge is -2.04. The number of carbonyl (C=O) groups excluding carboxylic acids is 2. The van der Waals surface area contributed by atoms with Crippen molar-refractivity contribution in [1.82, 2.24) is 0 Å². The first-order valence-electron chi connectivity index (χ1n) is 5.45. The van der Waals surface area contributed by atoms with Gasteiger partial charge in [-0.3, -0.25) is 9.59 Å². The quantitative estimate of drug-likeness (QED) is 0.435. The van der Waals surface area contributed by atoms with E-state index >= 15 is 0 Å². The summed E-state index contributed by atoms with van der Waals surface area (Å²) in [6, 6.07) is 0. The Morgan fingerprint density at radius 1 is 1.00 bits per heavy atom. The van der Waals surface area contributed by atoms with Crippen LogP contribution in [-0.4, -0.2) is 31.6 Å². The first kappa shape index (κ1) is 14.1. The first-order valence-corrected chi connectivity index (χ1v) is 5.45. The van der Waals surface area contributed by atoms with Crippen molar-refractivity contribution in [3.63, 3.8) is 0 Å². The minimum atomic E-state index is -0.320. The Morgan fingerprint density at radius 3 is 2.33 bits per heavy atom. The van der Waals surface area contributed by atoms with E-state index in [1.807, 2.05) is 13.8 Å². The minimum Gasteiger partial charge on any atom is -0.463 e. The van der Waals surface area contributed by atoms with Gasteiger partial charge in [0.15, 0.2) is 0 Å². The van der Waals surface area contributed by atoms with Crippen molar-refractivity contribution in [3.8, 4) is 0 Å². The van der Waals surface area contributed by atoms with Crippen LogP contribution in [0.4, 0.5) is 0 Å². The van der Waals surface area contributed by atoms with Crippen molar-refractivity contribution < 1.29 is 19.1 Å². The molecule has 0 aromatic carbocycles. The number of hydrogen-bond acceptors (Lipinski definition) is 4. The van der Waals surface area contributed by atoms with Gasteiger partial charge in [-0.1, -0.05) is 6.92 Å². The second kappa shape index (κ2) is 9.65. The predicted octanol–water partition coefficient (Wildman–Crippen LogP) is 1.72. The summed E-state index contributed by atoms with van der Waals surface area (Å²) < 4.78 is 9.86. The van der Waals surface area contributed by atoms with Crippen molar-refractivity contribution in [3.05, 3.63) is 0 Å². The van der Waals surface area contributed by atoms with Crippen LogP contribution in [0.3, 0.4) is 0 Å². The van der Waals surface area contributed by atoms with Gasteiger partial charge in [-0.15, -0.1) is 0 Å². The van der Waals surface area contributed by atoms with Gasteiger partial charge in [0.25, 0.3) is 0 Å². The van der Waals surface area contributed by atoms with Crippen LogP contribution in [0.5, 0.6) is 0 Å². The lowest BCUT2D eigenvalue weighted by molar-refractivity contribution is -0.146. The highest BCUT2D eigenvalue weighted by Gasteiger charge is 2.06. The smallest absolute Gasteiger partial charge is 0.306 e. The molecule has 0 amide bonds. The van der Waals surface area contributed by atoms with E-state index in [0.29, 0.717) is 26.1 Å². The van der Waals surface area contributed by atoms with Crippen molar-refractivity contribution in [2.45, 2.75) is 39.5 Å². The Balaban J connectivity index is 3.36. The highest BCUT2D eigenvalue weighted by atomic mass is 16.6. The van der Waals surface area contributed by atoms with E-state index in [2.05, 4.69) is 0 Å². The Morgan fingerprint density at radius 2 is 1.73 bits per heavy atom. The molecule has 0 radical (unpaired) electrons. The van der Waals surface area contributed by atoms with Gasteiger partial charge in [0.05, 0.1) is 13.0 Å². The third kappa shape index (κ3) is 9.41. The second-order valence-electron chi connectivity index (χ2n) is 3.21. The number of rotatable bonds is 9. The van der Waals surface area contributed by atoms with Gasteiger partial charge in [-0.2, -0.15) is 0 Å². The third-order valence-electron chi connectivity index (χ3n) is 1.83. The lowest BCUT2D eigenvalue weighted by Crippen LogP contribution is -2.12. The lowest BCUT2D eigenvalue weighted by atomic mass is 10.1. The second-order valence-corrected chi connectivity index (χ2v) is 3.21. The Kier molecular flexibility index (Phi) is 9.07. The molecule has 0 aliphatic heterocycles. The summed E-state index contributed by atoms with van der Waals surface area (Å²) in [5, 5.41) is 0. The van der Waals surface area contributed by atoms with Gasteiger partial charge >= 0.3 is 5.97 Å². The molecule has 0 heterocycles. The van der Waals surface area contributed by atoms with Gasteiger partial charge in [0, 0.05) is 19.4 Å². The van der Waals surface area contributed by atoms with Gasteiger partial charge < -0.3 is 9.47 Å². The van der Waals surface area contributed by atoms with Gasteiger partial charge in [0.2, 0.25) is 0 Å². The molecule has 0 saturated heterocycles. The van der Waals surface area contributed by atoms with E-state index in [1.165, 1.54) is 0 Å². The molecule has 15 heavy (non-hydrogen) atoms. The van der Waals surface area contributed by atoms with Crippen LogP contribution < -0.4 is 0 Å². The molecular formula is C11H20O4. The van der Waals surface area contributed by atoms with E-state index in [0.717, 1.165) is 6.42 Å². The van der Waals surface area contributed by atoms with Crippen molar-refractivity contribution in [2.24, 2.45) is 0 Å². The normalized spacial score (nSPS) is 10.0. The van der Waals surface area contributed by atoms with E-state index < -0.39 is 0 Å². The Hall–Kier alpha value is -0.900. The van der Waals surface area contributed by atoms with Crippen molar-refractivity contribution in [2.75, 3.05) is 19.8 Å². The average Bonchev–Trinajstić information content (AvgIpc) is 2.22. The molecule has 0 aliphatic carbocycles. The van der Waals surface area contributed by atoms with Crippen LogP contribution in [0.15, 0.2) is 0 Å². The zero-order chi connectivity index (χ0) is 11.5. The molecule has 0 atom stereocenters. The van der Waals surface area contributed by atoms with E-state index in [-0.39, 0.29) is 24.8 Å². The molecule has 0 saturated carbocycles. The number of esters is 1. The van der Waals surface area contributed by atoms with Crippen LogP contribution >= 0.6 is 0 Å².